The van der Waals surface area contributed by atoms with Gasteiger partial charge in [-0.3, -0.25) is 0 Å². The smallest absolute Gasteiger partial charge is 0.0700 e. The highest BCUT2D eigenvalue weighted by Crippen LogP contribution is 2.36. The van der Waals surface area contributed by atoms with Crippen molar-refractivity contribution in [2.45, 2.75) is 51.0 Å². The van der Waals surface area contributed by atoms with Crippen LogP contribution in [-0.4, -0.2) is 24.4 Å². The minimum Gasteiger partial charge on any atom is -0.396 e. The average molecular weight is 186 g/mol. The van der Waals surface area contributed by atoms with Crippen molar-refractivity contribution in [3.05, 3.63) is 0 Å². The summed E-state index contributed by atoms with van der Waals surface area (Å²) >= 11 is 0. The van der Waals surface area contributed by atoms with Crippen molar-refractivity contribution in [2.24, 2.45) is 5.92 Å². The van der Waals surface area contributed by atoms with E-state index < -0.39 is 0 Å². The van der Waals surface area contributed by atoms with Gasteiger partial charge in [0.15, 0.2) is 0 Å². The van der Waals surface area contributed by atoms with E-state index in [0.717, 1.165) is 6.42 Å². The Bertz CT molecular complexity index is 141. The molecule has 0 aromatic carbocycles. The Balaban J connectivity index is 2.51. The molecule has 1 saturated carbocycles. The van der Waals surface area contributed by atoms with Crippen LogP contribution in [-0.2, 0) is 4.74 Å². The predicted octanol–water partition coefficient (Wildman–Crippen LogP) is 2.35. The molecule has 0 radical (unpaired) electrons. The molecule has 0 aliphatic heterocycles. The van der Waals surface area contributed by atoms with Crippen molar-refractivity contribution >= 4 is 0 Å². The van der Waals surface area contributed by atoms with Gasteiger partial charge in [0.25, 0.3) is 0 Å². The van der Waals surface area contributed by atoms with E-state index in [-0.39, 0.29) is 12.2 Å². The molecule has 0 aromatic heterocycles. The highest BCUT2D eigenvalue weighted by Gasteiger charge is 2.34. The Labute approximate surface area is 81.3 Å². The lowest BCUT2D eigenvalue weighted by Gasteiger charge is -2.38. The molecule has 2 nitrogen and oxygen atoms in total. The highest BCUT2D eigenvalue weighted by atomic mass is 16.5. The molecule has 0 heterocycles. The number of rotatable bonds is 4. The van der Waals surface area contributed by atoms with Crippen molar-refractivity contribution in [3.8, 4) is 0 Å². The van der Waals surface area contributed by atoms with Gasteiger partial charge in [-0.15, -0.1) is 0 Å². The minimum atomic E-state index is -0.0881. The van der Waals surface area contributed by atoms with E-state index in [9.17, 15) is 0 Å². The van der Waals surface area contributed by atoms with Crippen LogP contribution in [0.5, 0.6) is 0 Å². The largest absolute Gasteiger partial charge is 0.396 e. The standard InChI is InChI=1S/C11H22O2/c1-11(13-2,8-9-12)10-6-4-3-5-7-10/h10,12H,3-9H2,1-2H3. The van der Waals surface area contributed by atoms with Gasteiger partial charge in [-0.25, -0.2) is 0 Å². The number of methoxy groups -OCH3 is 1. The fourth-order valence-corrected chi connectivity index (χ4v) is 2.41. The molecule has 0 aromatic rings. The first-order chi connectivity index (χ1) is 6.23. The van der Waals surface area contributed by atoms with Gasteiger partial charge in [-0.05, 0) is 32.1 Å². The fourth-order valence-electron chi connectivity index (χ4n) is 2.41. The van der Waals surface area contributed by atoms with Crippen LogP contribution in [0.2, 0.25) is 0 Å². The quantitative estimate of drug-likeness (QED) is 0.730. The molecule has 0 amide bonds. The number of aliphatic hydroxyl groups is 1. The van der Waals surface area contributed by atoms with Crippen LogP contribution in [0, 0.1) is 5.92 Å². The number of hydrogen-bond donors (Lipinski definition) is 1. The Kier molecular flexibility index (Phi) is 4.20. The first-order valence-electron chi connectivity index (χ1n) is 5.39. The summed E-state index contributed by atoms with van der Waals surface area (Å²) in [6, 6.07) is 0. The monoisotopic (exact) mass is 186 g/mol. The summed E-state index contributed by atoms with van der Waals surface area (Å²) in [6.45, 7) is 2.38. The van der Waals surface area contributed by atoms with Crippen molar-refractivity contribution in [2.75, 3.05) is 13.7 Å². The summed E-state index contributed by atoms with van der Waals surface area (Å²) in [5.74, 6) is 0.651. The topological polar surface area (TPSA) is 29.5 Å². The fraction of sp³-hybridized carbons (Fsp3) is 1.00. The van der Waals surface area contributed by atoms with Gasteiger partial charge in [0.05, 0.1) is 5.60 Å². The first kappa shape index (κ1) is 11.0. The zero-order valence-corrected chi connectivity index (χ0v) is 8.88. The molecule has 2 heteroatoms. The SMILES string of the molecule is COC(C)(CCO)C1CCCCC1. The second-order valence-electron chi connectivity index (χ2n) is 4.33. The van der Waals surface area contributed by atoms with E-state index in [4.69, 9.17) is 9.84 Å². The summed E-state index contributed by atoms with van der Waals surface area (Å²) in [6.07, 6.45) is 7.34. The molecule has 1 fully saturated rings. The van der Waals surface area contributed by atoms with E-state index in [2.05, 4.69) is 6.92 Å². The van der Waals surface area contributed by atoms with Crippen LogP contribution in [0.4, 0.5) is 0 Å². The number of hydrogen-bond acceptors (Lipinski definition) is 2. The van der Waals surface area contributed by atoms with Crippen LogP contribution in [0.25, 0.3) is 0 Å². The molecule has 1 N–H and O–H groups in total. The summed E-state index contributed by atoms with van der Waals surface area (Å²) in [7, 11) is 1.77. The average Bonchev–Trinajstić information content (AvgIpc) is 2.19. The van der Waals surface area contributed by atoms with Gasteiger partial charge in [0.2, 0.25) is 0 Å². The molecule has 0 bridgehead atoms. The molecule has 0 saturated heterocycles. The summed E-state index contributed by atoms with van der Waals surface area (Å²) < 4.78 is 5.56. The van der Waals surface area contributed by atoms with E-state index in [1.807, 2.05) is 0 Å². The Morgan fingerprint density at radius 2 is 1.92 bits per heavy atom. The molecule has 1 rings (SSSR count). The van der Waals surface area contributed by atoms with Crippen LogP contribution in [0.3, 0.4) is 0 Å². The molecule has 78 valence electrons. The molecule has 1 unspecified atom stereocenters. The highest BCUT2D eigenvalue weighted by molar-refractivity contribution is 4.85. The molecular weight excluding hydrogens is 164 g/mol. The van der Waals surface area contributed by atoms with E-state index in [0.29, 0.717) is 5.92 Å². The van der Waals surface area contributed by atoms with E-state index >= 15 is 0 Å². The third kappa shape index (κ3) is 2.68. The lowest BCUT2D eigenvalue weighted by atomic mass is 9.76. The van der Waals surface area contributed by atoms with Gasteiger partial charge in [0, 0.05) is 13.7 Å². The summed E-state index contributed by atoms with van der Waals surface area (Å²) in [5.41, 5.74) is -0.0881. The van der Waals surface area contributed by atoms with Crippen LogP contribution >= 0.6 is 0 Å². The second kappa shape index (κ2) is 4.97. The lowest BCUT2D eigenvalue weighted by molar-refractivity contribution is -0.0691. The summed E-state index contributed by atoms with van der Waals surface area (Å²) in [5, 5.41) is 8.98. The Hall–Kier alpha value is -0.0800. The van der Waals surface area contributed by atoms with Crippen LogP contribution in [0.15, 0.2) is 0 Å². The van der Waals surface area contributed by atoms with Gasteiger partial charge in [0.1, 0.15) is 0 Å². The third-order valence-electron chi connectivity index (χ3n) is 3.54. The van der Waals surface area contributed by atoms with Crippen LogP contribution in [0.1, 0.15) is 45.4 Å². The van der Waals surface area contributed by atoms with Crippen molar-refractivity contribution in [1.29, 1.82) is 0 Å². The van der Waals surface area contributed by atoms with E-state index in [1.54, 1.807) is 7.11 Å². The molecule has 1 atom stereocenters. The van der Waals surface area contributed by atoms with Gasteiger partial charge in [-0.1, -0.05) is 19.3 Å². The van der Waals surface area contributed by atoms with Gasteiger partial charge >= 0.3 is 0 Å². The zero-order chi connectivity index (χ0) is 9.73. The molecule has 13 heavy (non-hydrogen) atoms. The van der Waals surface area contributed by atoms with Crippen molar-refractivity contribution < 1.29 is 9.84 Å². The van der Waals surface area contributed by atoms with Crippen molar-refractivity contribution in [3.63, 3.8) is 0 Å². The molecule has 1 aliphatic rings. The number of ether oxygens (including phenoxy) is 1. The molecule has 1 aliphatic carbocycles. The molecular formula is C11H22O2. The zero-order valence-electron chi connectivity index (χ0n) is 8.88. The van der Waals surface area contributed by atoms with E-state index in [1.165, 1.54) is 32.1 Å². The lowest BCUT2D eigenvalue weighted by Crippen LogP contribution is -2.38. The maximum Gasteiger partial charge on any atom is 0.0700 e. The summed E-state index contributed by atoms with van der Waals surface area (Å²) in [4.78, 5) is 0. The minimum absolute atomic E-state index is 0.0881. The maximum atomic E-state index is 8.98. The second-order valence-corrected chi connectivity index (χ2v) is 4.33. The third-order valence-corrected chi connectivity index (χ3v) is 3.54. The Morgan fingerprint density at radius 3 is 2.38 bits per heavy atom. The predicted molar refractivity (Wildman–Crippen MR) is 53.7 cm³/mol. The van der Waals surface area contributed by atoms with Crippen molar-refractivity contribution in [1.82, 2.24) is 0 Å². The first-order valence-corrected chi connectivity index (χ1v) is 5.39. The van der Waals surface area contributed by atoms with Gasteiger partial charge < -0.3 is 9.84 Å². The normalized spacial score (nSPS) is 24.2. The maximum absolute atomic E-state index is 8.98. The van der Waals surface area contributed by atoms with Gasteiger partial charge in [-0.2, -0.15) is 0 Å². The Morgan fingerprint density at radius 1 is 1.31 bits per heavy atom. The molecule has 0 spiro atoms. The van der Waals surface area contributed by atoms with Crippen LogP contribution < -0.4 is 0 Å². The number of aliphatic hydroxyl groups excluding tert-OH is 1.